The van der Waals surface area contributed by atoms with Crippen LogP contribution in [0.25, 0.3) is 0 Å². The number of carboxylic acid groups (broad SMARTS) is 1. The standard InChI is InChI=1S/C24H43N3O4/c1-9-17(5)27-13-11-10-12-19(27)21(28)26-20(24(6,7)8)22(29)25-18(15(2)3)14-16(4)23(30)31/h14-15,17-20H,9-13H2,1-8H3,(H,25,29)(H,26,28)(H,30,31)/b16-14+/t17?,18-,19-,20-/m1/s1. The van der Waals surface area contributed by atoms with Crippen LogP contribution in [0, 0.1) is 11.3 Å². The van der Waals surface area contributed by atoms with Gasteiger partial charge in [-0.05, 0) is 51.0 Å². The van der Waals surface area contributed by atoms with E-state index in [9.17, 15) is 19.5 Å². The van der Waals surface area contributed by atoms with Crippen LogP contribution in [0.5, 0.6) is 0 Å². The molecule has 1 fully saturated rings. The molecule has 1 aliphatic rings. The molecule has 0 radical (unpaired) electrons. The fraction of sp³-hybridized carbons (Fsp3) is 0.792. The van der Waals surface area contributed by atoms with E-state index >= 15 is 0 Å². The summed E-state index contributed by atoms with van der Waals surface area (Å²) in [5.41, 5.74) is -0.315. The first kappa shape index (κ1) is 27.1. The van der Waals surface area contributed by atoms with Crippen LogP contribution in [0.3, 0.4) is 0 Å². The number of hydrogen-bond donors (Lipinski definition) is 3. The monoisotopic (exact) mass is 437 g/mol. The molecule has 0 aromatic rings. The third-order valence-corrected chi connectivity index (χ3v) is 6.21. The number of hydrogen-bond acceptors (Lipinski definition) is 4. The van der Waals surface area contributed by atoms with Crippen LogP contribution < -0.4 is 10.6 Å². The molecular weight excluding hydrogens is 394 g/mol. The van der Waals surface area contributed by atoms with Crippen LogP contribution in [0.15, 0.2) is 11.6 Å². The van der Waals surface area contributed by atoms with Crippen molar-refractivity contribution in [1.29, 1.82) is 0 Å². The Hall–Kier alpha value is -1.89. The minimum atomic E-state index is -1.01. The number of amides is 2. The van der Waals surface area contributed by atoms with Gasteiger partial charge < -0.3 is 15.7 Å². The molecule has 4 atom stereocenters. The molecule has 1 rings (SSSR count). The number of carbonyl (C=O) groups excluding carboxylic acids is 2. The van der Waals surface area contributed by atoms with Crippen LogP contribution >= 0.6 is 0 Å². The summed E-state index contributed by atoms with van der Waals surface area (Å²) >= 11 is 0. The molecule has 0 saturated carbocycles. The molecule has 178 valence electrons. The second-order valence-corrected chi connectivity index (χ2v) is 10.2. The summed E-state index contributed by atoms with van der Waals surface area (Å²) in [6, 6.07) is -1.07. The first-order valence-corrected chi connectivity index (χ1v) is 11.6. The molecule has 1 saturated heterocycles. The van der Waals surface area contributed by atoms with Crippen molar-refractivity contribution in [3.8, 4) is 0 Å². The Morgan fingerprint density at radius 3 is 2.23 bits per heavy atom. The van der Waals surface area contributed by atoms with Gasteiger partial charge in [-0.2, -0.15) is 0 Å². The van der Waals surface area contributed by atoms with Gasteiger partial charge in [0.1, 0.15) is 6.04 Å². The van der Waals surface area contributed by atoms with Gasteiger partial charge in [0.25, 0.3) is 0 Å². The number of likely N-dealkylation sites (tertiary alicyclic amines) is 1. The molecular formula is C24H43N3O4. The molecule has 0 spiro atoms. The SMILES string of the molecule is CCC(C)N1CCCC[C@@H]1C(=O)N[C@H](C(=O)N[C@H](/C=C(\C)C(=O)O)C(C)C)C(C)(C)C. The van der Waals surface area contributed by atoms with E-state index in [1.807, 2.05) is 34.6 Å². The first-order valence-electron chi connectivity index (χ1n) is 11.6. The Kier molecular flexibility index (Phi) is 10.2. The zero-order chi connectivity index (χ0) is 23.9. The van der Waals surface area contributed by atoms with Gasteiger partial charge in [-0.1, -0.05) is 54.0 Å². The minimum Gasteiger partial charge on any atom is -0.478 e. The van der Waals surface area contributed by atoms with Crippen molar-refractivity contribution in [1.82, 2.24) is 15.5 Å². The Morgan fingerprint density at radius 2 is 1.74 bits per heavy atom. The molecule has 3 N–H and O–H groups in total. The van der Waals surface area contributed by atoms with Crippen molar-refractivity contribution in [3.63, 3.8) is 0 Å². The van der Waals surface area contributed by atoms with E-state index in [1.165, 1.54) is 6.92 Å². The van der Waals surface area contributed by atoms with E-state index in [2.05, 4.69) is 29.4 Å². The molecule has 7 heteroatoms. The highest BCUT2D eigenvalue weighted by molar-refractivity contribution is 5.91. The van der Waals surface area contributed by atoms with Gasteiger partial charge in [-0.15, -0.1) is 0 Å². The van der Waals surface area contributed by atoms with Crippen LogP contribution in [0.1, 0.15) is 81.1 Å². The molecule has 2 amide bonds. The van der Waals surface area contributed by atoms with Gasteiger partial charge >= 0.3 is 5.97 Å². The fourth-order valence-corrected chi connectivity index (χ4v) is 3.90. The second kappa shape index (κ2) is 11.7. The summed E-state index contributed by atoms with van der Waals surface area (Å²) < 4.78 is 0. The first-order chi connectivity index (χ1) is 14.3. The average molecular weight is 438 g/mol. The van der Waals surface area contributed by atoms with Crippen molar-refractivity contribution in [3.05, 3.63) is 11.6 Å². The molecule has 0 aliphatic carbocycles. The van der Waals surface area contributed by atoms with Crippen molar-refractivity contribution in [2.24, 2.45) is 11.3 Å². The summed E-state index contributed by atoms with van der Waals surface area (Å²) in [5, 5.41) is 15.2. The smallest absolute Gasteiger partial charge is 0.331 e. The summed E-state index contributed by atoms with van der Waals surface area (Å²) in [4.78, 5) is 40.0. The van der Waals surface area contributed by atoms with Crippen LogP contribution in [-0.2, 0) is 14.4 Å². The lowest BCUT2D eigenvalue weighted by Crippen LogP contribution is -2.60. The Labute approximate surface area is 188 Å². The van der Waals surface area contributed by atoms with Gasteiger partial charge in [-0.25, -0.2) is 4.79 Å². The Morgan fingerprint density at radius 1 is 1.13 bits per heavy atom. The van der Waals surface area contributed by atoms with Crippen molar-refractivity contribution in [2.45, 2.75) is 105 Å². The molecule has 0 bridgehead atoms. The molecule has 1 unspecified atom stereocenters. The zero-order valence-electron chi connectivity index (χ0n) is 20.6. The van der Waals surface area contributed by atoms with Gasteiger partial charge in [0, 0.05) is 11.6 Å². The molecule has 0 aromatic carbocycles. The van der Waals surface area contributed by atoms with E-state index in [0.717, 1.165) is 32.2 Å². The number of carbonyl (C=O) groups is 3. The van der Waals surface area contributed by atoms with Crippen LogP contribution in [0.4, 0.5) is 0 Å². The number of aliphatic carboxylic acids is 1. The summed E-state index contributed by atoms with van der Waals surface area (Å²) in [6.07, 6.45) is 5.43. The van der Waals surface area contributed by atoms with Crippen molar-refractivity contribution in [2.75, 3.05) is 6.54 Å². The van der Waals surface area contributed by atoms with Gasteiger partial charge in [0.05, 0.1) is 12.1 Å². The summed E-state index contributed by atoms with van der Waals surface area (Å²) in [6.45, 7) is 16.3. The lowest BCUT2D eigenvalue weighted by Gasteiger charge is -2.40. The fourth-order valence-electron chi connectivity index (χ4n) is 3.90. The highest BCUT2D eigenvalue weighted by atomic mass is 16.4. The molecule has 31 heavy (non-hydrogen) atoms. The van der Waals surface area contributed by atoms with E-state index in [-0.39, 0.29) is 29.3 Å². The van der Waals surface area contributed by atoms with Crippen molar-refractivity contribution >= 4 is 17.8 Å². The van der Waals surface area contributed by atoms with Gasteiger partial charge in [0.15, 0.2) is 0 Å². The number of nitrogens with zero attached hydrogens (tertiary/aromatic N) is 1. The topological polar surface area (TPSA) is 98.7 Å². The van der Waals surface area contributed by atoms with Crippen molar-refractivity contribution < 1.29 is 19.5 Å². The Bertz CT molecular complexity index is 666. The minimum absolute atomic E-state index is 0.00816. The quantitative estimate of drug-likeness (QED) is 0.481. The number of nitrogens with one attached hydrogen (secondary N) is 2. The zero-order valence-corrected chi connectivity index (χ0v) is 20.6. The molecule has 1 heterocycles. The van der Waals surface area contributed by atoms with Crippen LogP contribution in [0.2, 0.25) is 0 Å². The van der Waals surface area contributed by atoms with E-state index in [0.29, 0.717) is 6.04 Å². The maximum absolute atomic E-state index is 13.3. The number of piperidine rings is 1. The Balaban J connectivity index is 3.04. The van der Waals surface area contributed by atoms with E-state index < -0.39 is 23.5 Å². The third kappa shape index (κ3) is 7.95. The maximum atomic E-state index is 13.3. The largest absolute Gasteiger partial charge is 0.478 e. The number of rotatable bonds is 9. The maximum Gasteiger partial charge on any atom is 0.331 e. The van der Waals surface area contributed by atoms with Gasteiger partial charge in [0.2, 0.25) is 11.8 Å². The normalized spacial score (nSPS) is 21.3. The highest BCUT2D eigenvalue weighted by Gasteiger charge is 2.38. The summed E-state index contributed by atoms with van der Waals surface area (Å²) in [7, 11) is 0. The lowest BCUT2D eigenvalue weighted by atomic mass is 9.85. The summed E-state index contributed by atoms with van der Waals surface area (Å²) in [5.74, 6) is -1.40. The second-order valence-electron chi connectivity index (χ2n) is 10.2. The number of carboxylic acids is 1. The lowest BCUT2D eigenvalue weighted by molar-refractivity contribution is -0.136. The average Bonchev–Trinajstić information content (AvgIpc) is 2.69. The van der Waals surface area contributed by atoms with Crippen LogP contribution in [-0.4, -0.2) is 58.5 Å². The van der Waals surface area contributed by atoms with E-state index in [4.69, 9.17) is 0 Å². The van der Waals surface area contributed by atoms with Gasteiger partial charge in [-0.3, -0.25) is 14.5 Å². The van der Waals surface area contributed by atoms with E-state index in [1.54, 1.807) is 6.08 Å². The molecule has 7 nitrogen and oxygen atoms in total. The molecule has 0 aromatic heterocycles. The molecule has 1 aliphatic heterocycles. The predicted octanol–water partition coefficient (Wildman–Crippen LogP) is 3.34. The highest BCUT2D eigenvalue weighted by Crippen LogP contribution is 2.24. The third-order valence-electron chi connectivity index (χ3n) is 6.21. The predicted molar refractivity (Wildman–Crippen MR) is 124 cm³/mol.